The fraction of sp³-hybridized carbons (Fsp3) is 0.579. The number of phosphoric ester groups is 1. The van der Waals surface area contributed by atoms with E-state index in [1.807, 2.05) is 60.7 Å². The molecule has 2 aromatic rings. The smallest absolute Gasteiger partial charge is 0.461 e. The highest BCUT2D eigenvalue weighted by Gasteiger charge is 2.37. The van der Waals surface area contributed by atoms with Crippen molar-refractivity contribution in [2.75, 3.05) is 13.2 Å². The maximum absolute atomic E-state index is 13.6. The van der Waals surface area contributed by atoms with Crippen molar-refractivity contribution in [1.29, 1.82) is 0 Å². The zero-order chi connectivity index (χ0) is 41.4. The summed E-state index contributed by atoms with van der Waals surface area (Å²) in [6, 6.07) is 16.6. The van der Waals surface area contributed by atoms with Crippen molar-refractivity contribution in [3.63, 3.8) is 0 Å². The Morgan fingerprint density at radius 2 is 0.981 bits per heavy atom. The average molecular weight is 783 g/mol. The summed E-state index contributed by atoms with van der Waals surface area (Å²) in [5, 5.41) is 14.2. The molecule has 2 aromatic carbocycles. The van der Waals surface area contributed by atoms with Gasteiger partial charge in [0.2, 0.25) is 0 Å². The summed E-state index contributed by atoms with van der Waals surface area (Å²) in [4.78, 5) is 47.2. The summed E-state index contributed by atoms with van der Waals surface area (Å²) in [6.45, 7) is 19.1. The molecule has 0 unspecified atom stereocenters. The number of hydrogen-bond donors (Lipinski definition) is 3. The molecule has 3 N–H and O–H groups in total. The van der Waals surface area contributed by atoms with Gasteiger partial charge < -0.3 is 34.7 Å². The number of alkyl carbamates (subject to hydrolysis) is 2. The van der Waals surface area contributed by atoms with Crippen LogP contribution >= 0.6 is 7.82 Å². The normalized spacial score (nSPS) is 13.3. The number of phosphoric acid groups is 1. The van der Waals surface area contributed by atoms with Crippen LogP contribution in [0.2, 0.25) is 0 Å². The molecule has 2 amide bonds. The van der Waals surface area contributed by atoms with Crippen molar-refractivity contribution in [2.24, 2.45) is 0 Å². The summed E-state index contributed by atoms with van der Waals surface area (Å²) >= 11 is 0. The lowest BCUT2D eigenvalue weighted by Gasteiger charge is -2.29. The van der Waals surface area contributed by atoms with Crippen LogP contribution in [0.3, 0.4) is 0 Å². The molecule has 15 nitrogen and oxygen atoms in total. The lowest BCUT2D eigenvalue weighted by molar-refractivity contribution is -0.152. The summed E-state index contributed by atoms with van der Waals surface area (Å²) in [5.41, 5.74) is -2.08. The molecule has 0 bridgehead atoms. The number of esters is 2. The van der Waals surface area contributed by atoms with Crippen molar-refractivity contribution >= 4 is 31.9 Å². The third kappa shape index (κ3) is 22.9. The Labute approximate surface area is 319 Å². The van der Waals surface area contributed by atoms with Gasteiger partial charge in [0.15, 0.2) is 0 Å². The highest BCUT2D eigenvalue weighted by molar-refractivity contribution is 7.48. The number of amides is 2. The highest BCUT2D eigenvalue weighted by Crippen LogP contribution is 2.54. The van der Waals surface area contributed by atoms with Crippen LogP contribution in [0.5, 0.6) is 0 Å². The second-order valence-corrected chi connectivity index (χ2v) is 17.2. The number of hydrogen-bond acceptors (Lipinski definition) is 13. The summed E-state index contributed by atoms with van der Waals surface area (Å²) in [7, 11) is -4.08. The third-order valence-corrected chi connectivity index (χ3v) is 7.74. The Morgan fingerprint density at radius 3 is 1.31 bits per heavy atom. The van der Waals surface area contributed by atoms with Gasteiger partial charge in [0.25, 0.3) is 0 Å². The van der Waals surface area contributed by atoms with E-state index < -0.39 is 66.4 Å². The van der Waals surface area contributed by atoms with E-state index in [9.17, 15) is 28.8 Å². The molecule has 0 saturated heterocycles. The molecule has 0 aromatic heterocycles. The fourth-order valence-corrected chi connectivity index (χ4v) is 5.16. The minimum atomic E-state index is -4.08. The zero-order valence-corrected chi connectivity index (χ0v) is 34.4. The van der Waals surface area contributed by atoms with Gasteiger partial charge in [-0.15, -0.1) is 0 Å². The Bertz CT molecular complexity index is 1470. The molecule has 304 valence electrons. The first-order valence-corrected chi connectivity index (χ1v) is 18.9. The first-order chi connectivity index (χ1) is 24.7. The minimum absolute atomic E-state index is 0.000379. The molecular formula is C38H59N2O13P. The SMILES string of the molecule is C[C@H](NC(=O)OC(C)(C)C)C(=O)OCC(C)(C)O.C[C@H](NC(=O)OC(C)(C)C)C(=O)OCC(C)(C)OP(=O)(OCc1ccccc1)OCc1ccccc1. The first-order valence-electron chi connectivity index (χ1n) is 17.4. The second-order valence-electron chi connectivity index (χ2n) is 15.6. The fourth-order valence-electron chi connectivity index (χ4n) is 3.70. The van der Waals surface area contributed by atoms with E-state index >= 15 is 0 Å². The van der Waals surface area contributed by atoms with Crippen molar-refractivity contribution in [3.05, 3.63) is 71.8 Å². The number of aliphatic hydroxyl groups is 1. The molecule has 54 heavy (non-hydrogen) atoms. The van der Waals surface area contributed by atoms with Gasteiger partial charge >= 0.3 is 31.9 Å². The lowest BCUT2D eigenvalue weighted by atomic mass is 10.2. The van der Waals surface area contributed by atoms with Crippen LogP contribution in [-0.2, 0) is 59.9 Å². The topological polar surface area (TPSA) is 194 Å². The number of carbonyl (C=O) groups is 4. The van der Waals surface area contributed by atoms with Crippen LogP contribution in [-0.4, -0.2) is 76.9 Å². The maximum Gasteiger partial charge on any atom is 0.476 e. The average Bonchev–Trinajstić information content (AvgIpc) is 3.03. The number of nitrogens with one attached hydrogen (secondary N) is 2. The van der Waals surface area contributed by atoms with Crippen molar-refractivity contribution in [1.82, 2.24) is 10.6 Å². The van der Waals surface area contributed by atoms with Gasteiger partial charge in [-0.3, -0.25) is 13.6 Å². The van der Waals surface area contributed by atoms with Crippen LogP contribution in [0.15, 0.2) is 60.7 Å². The molecule has 0 heterocycles. The van der Waals surface area contributed by atoms with Crippen LogP contribution in [0, 0.1) is 0 Å². The van der Waals surface area contributed by atoms with Gasteiger partial charge in [-0.25, -0.2) is 23.7 Å². The van der Waals surface area contributed by atoms with Gasteiger partial charge in [-0.2, -0.15) is 0 Å². The number of benzene rings is 2. The van der Waals surface area contributed by atoms with Crippen LogP contribution in [0.1, 0.15) is 94.2 Å². The molecular weight excluding hydrogens is 723 g/mol. The predicted octanol–water partition coefficient (Wildman–Crippen LogP) is 6.99. The summed E-state index contributed by atoms with van der Waals surface area (Å²) in [5.74, 6) is -1.33. The standard InChI is InChI=1S/C26H36NO8P.C12H23NO5/c1-20(27-24(29)34-25(2,3)4)23(28)31-19-26(5,6)35-36(30,32-17-21-13-9-7-10-14-21)33-18-22-15-11-8-12-16-22;1-8(9(14)17-7-12(5,6)16)13-10(15)18-11(2,3)4/h7-16,20H,17-19H2,1-6H3,(H,27,29);8,16H,7H2,1-6H3,(H,13,15)/t20-;8-/m00/s1. The van der Waals surface area contributed by atoms with Gasteiger partial charge in [-0.05, 0) is 94.2 Å². The highest BCUT2D eigenvalue weighted by atomic mass is 31.2. The Kier molecular flexibility index (Phi) is 18.8. The van der Waals surface area contributed by atoms with E-state index in [1.165, 1.54) is 27.7 Å². The van der Waals surface area contributed by atoms with Crippen LogP contribution in [0.4, 0.5) is 9.59 Å². The van der Waals surface area contributed by atoms with E-state index in [-0.39, 0.29) is 26.4 Å². The Balaban J connectivity index is 0.000000682. The molecule has 16 heteroatoms. The molecule has 0 radical (unpaired) electrons. The molecule has 0 fully saturated rings. The quantitative estimate of drug-likeness (QED) is 0.0897. The van der Waals surface area contributed by atoms with E-state index in [1.54, 1.807) is 55.4 Å². The number of ether oxygens (including phenoxy) is 4. The molecule has 0 aliphatic heterocycles. The maximum atomic E-state index is 13.6. The summed E-state index contributed by atoms with van der Waals surface area (Å²) in [6.07, 6.45) is -1.43. The third-order valence-electron chi connectivity index (χ3n) is 6.13. The number of carbonyl (C=O) groups excluding carboxylic acids is 4. The monoisotopic (exact) mass is 782 g/mol. The first kappa shape index (κ1) is 48.0. The van der Waals surface area contributed by atoms with Crippen molar-refractivity contribution < 1.29 is 61.4 Å². The van der Waals surface area contributed by atoms with Crippen LogP contribution < -0.4 is 10.6 Å². The van der Waals surface area contributed by atoms with E-state index in [4.69, 9.17) is 32.5 Å². The van der Waals surface area contributed by atoms with Crippen molar-refractivity contribution in [2.45, 2.75) is 131 Å². The van der Waals surface area contributed by atoms with Crippen molar-refractivity contribution in [3.8, 4) is 0 Å². The van der Waals surface area contributed by atoms with Gasteiger partial charge in [-0.1, -0.05) is 60.7 Å². The number of rotatable bonds is 16. The van der Waals surface area contributed by atoms with E-state index in [0.29, 0.717) is 0 Å². The Morgan fingerprint density at radius 1 is 0.630 bits per heavy atom. The zero-order valence-electron chi connectivity index (χ0n) is 33.6. The van der Waals surface area contributed by atoms with Gasteiger partial charge in [0, 0.05) is 0 Å². The Hall–Kier alpha value is -4.01. The molecule has 0 aliphatic rings. The van der Waals surface area contributed by atoms with Crippen LogP contribution in [0.25, 0.3) is 0 Å². The minimum Gasteiger partial charge on any atom is -0.461 e. The largest absolute Gasteiger partial charge is 0.476 e. The van der Waals surface area contributed by atoms with Gasteiger partial charge in [0.1, 0.15) is 42.1 Å². The lowest BCUT2D eigenvalue weighted by Crippen LogP contribution is -2.43. The van der Waals surface area contributed by atoms with Gasteiger partial charge in [0.05, 0.1) is 18.8 Å². The molecule has 2 rings (SSSR count). The molecule has 2 atom stereocenters. The predicted molar refractivity (Wildman–Crippen MR) is 201 cm³/mol. The van der Waals surface area contributed by atoms with E-state index in [0.717, 1.165) is 11.1 Å². The second kappa shape index (κ2) is 21.2. The summed E-state index contributed by atoms with van der Waals surface area (Å²) < 4.78 is 50.9. The van der Waals surface area contributed by atoms with E-state index in [2.05, 4.69) is 10.6 Å². The molecule has 0 saturated carbocycles. The molecule has 0 spiro atoms. The molecule has 0 aliphatic carbocycles.